The number of fused-ring (bicyclic) bond motifs is 1. The van der Waals surface area contributed by atoms with Gasteiger partial charge in [0.15, 0.2) is 16.3 Å². The Labute approximate surface area is 219 Å². The Morgan fingerprint density at radius 2 is 2.06 bits per heavy atom. The Kier molecular flexibility index (Phi) is 7.63. The first kappa shape index (κ1) is 25.4. The number of methoxy groups -OCH3 is 1. The summed E-state index contributed by atoms with van der Waals surface area (Å²) in [4.78, 5) is 32.8. The number of thiophene rings is 1. The number of benzene rings is 1. The third kappa shape index (κ3) is 5.00. The molecule has 7 nitrogen and oxygen atoms in total. The molecule has 0 bridgehead atoms. The minimum atomic E-state index is -0.721. The Bertz CT molecular complexity index is 1480. The first-order valence-corrected chi connectivity index (χ1v) is 13.5. The fourth-order valence-corrected chi connectivity index (χ4v) is 6.36. The second-order valence-corrected chi connectivity index (χ2v) is 10.8. The Hall–Kier alpha value is -2.69. The summed E-state index contributed by atoms with van der Waals surface area (Å²) in [5.74, 6) is 0.591. The maximum Gasteiger partial charge on any atom is 0.338 e. The molecular formula is C25H25BrN2O5S2. The molecule has 3 aromatic rings. The van der Waals surface area contributed by atoms with Crippen molar-refractivity contribution in [2.75, 3.05) is 13.7 Å². The van der Waals surface area contributed by atoms with Crippen molar-refractivity contribution in [1.82, 2.24) is 4.57 Å². The quantitative estimate of drug-likeness (QED) is 0.389. The maximum absolute atomic E-state index is 13.7. The number of hydrogen-bond acceptors (Lipinski definition) is 8. The molecule has 3 heterocycles. The molecule has 0 N–H and O–H groups in total. The fraction of sp³-hybridized carbons (Fsp3) is 0.320. The molecule has 0 saturated heterocycles. The predicted molar refractivity (Wildman–Crippen MR) is 141 cm³/mol. The highest BCUT2D eigenvalue weighted by Crippen LogP contribution is 2.36. The van der Waals surface area contributed by atoms with E-state index >= 15 is 0 Å². The van der Waals surface area contributed by atoms with Crippen molar-refractivity contribution >= 4 is 50.6 Å². The minimum absolute atomic E-state index is 0.0405. The van der Waals surface area contributed by atoms with Crippen LogP contribution in [0.15, 0.2) is 55.2 Å². The van der Waals surface area contributed by atoms with E-state index in [4.69, 9.17) is 14.2 Å². The van der Waals surface area contributed by atoms with Crippen LogP contribution in [0.4, 0.5) is 0 Å². The van der Waals surface area contributed by atoms with Crippen molar-refractivity contribution in [3.8, 4) is 11.5 Å². The number of aromatic nitrogens is 1. The molecular weight excluding hydrogens is 552 g/mol. The number of carbonyl (C=O) groups is 1. The van der Waals surface area contributed by atoms with Gasteiger partial charge < -0.3 is 14.2 Å². The molecule has 10 heteroatoms. The van der Waals surface area contributed by atoms with E-state index in [0.717, 1.165) is 9.35 Å². The number of rotatable bonds is 7. The highest BCUT2D eigenvalue weighted by molar-refractivity contribution is 9.10. The number of esters is 1. The van der Waals surface area contributed by atoms with Crippen LogP contribution >= 0.6 is 38.6 Å². The van der Waals surface area contributed by atoms with E-state index in [1.807, 2.05) is 37.4 Å². The molecule has 4 rings (SSSR count). The van der Waals surface area contributed by atoms with Crippen molar-refractivity contribution in [2.24, 2.45) is 4.99 Å². The van der Waals surface area contributed by atoms with Crippen LogP contribution in [0.25, 0.3) is 6.08 Å². The zero-order valence-corrected chi connectivity index (χ0v) is 23.2. The average Bonchev–Trinajstić information content (AvgIpc) is 3.35. The first-order valence-electron chi connectivity index (χ1n) is 11.0. The zero-order valence-electron chi connectivity index (χ0n) is 20.0. The van der Waals surface area contributed by atoms with Gasteiger partial charge in [0, 0.05) is 9.35 Å². The van der Waals surface area contributed by atoms with Gasteiger partial charge >= 0.3 is 5.97 Å². The zero-order chi connectivity index (χ0) is 25.3. The number of nitrogens with zero attached hydrogens (tertiary/aromatic N) is 2. The van der Waals surface area contributed by atoms with Gasteiger partial charge in [-0.15, -0.1) is 11.3 Å². The molecule has 0 saturated carbocycles. The molecule has 2 aromatic heterocycles. The molecule has 0 unspecified atom stereocenters. The summed E-state index contributed by atoms with van der Waals surface area (Å²) in [6.07, 6.45) is 1.81. The smallest absolute Gasteiger partial charge is 0.338 e. The van der Waals surface area contributed by atoms with E-state index in [1.165, 1.54) is 22.7 Å². The maximum atomic E-state index is 13.7. The van der Waals surface area contributed by atoms with E-state index in [9.17, 15) is 9.59 Å². The van der Waals surface area contributed by atoms with Gasteiger partial charge in [-0.25, -0.2) is 9.79 Å². The topological polar surface area (TPSA) is 79.1 Å². The summed E-state index contributed by atoms with van der Waals surface area (Å²) in [6, 6.07) is 6.65. The van der Waals surface area contributed by atoms with Gasteiger partial charge in [0.25, 0.3) is 5.56 Å². The Morgan fingerprint density at radius 1 is 1.29 bits per heavy atom. The van der Waals surface area contributed by atoms with Crippen LogP contribution in [-0.4, -0.2) is 30.4 Å². The molecule has 1 aliphatic rings. The lowest BCUT2D eigenvalue weighted by Crippen LogP contribution is -2.39. The summed E-state index contributed by atoms with van der Waals surface area (Å²) in [5.41, 5.74) is 1.30. The number of allylic oxidation sites excluding steroid dienone is 1. The molecule has 0 radical (unpaired) electrons. The number of halogens is 1. The third-order valence-electron chi connectivity index (χ3n) is 5.29. The normalized spacial score (nSPS) is 15.7. The number of hydrogen-bond donors (Lipinski definition) is 0. The summed E-state index contributed by atoms with van der Waals surface area (Å²) in [6.45, 7) is 7.59. The van der Waals surface area contributed by atoms with Crippen LogP contribution in [0.5, 0.6) is 11.5 Å². The largest absolute Gasteiger partial charge is 0.493 e. The van der Waals surface area contributed by atoms with Gasteiger partial charge in [0.05, 0.1) is 41.7 Å². The van der Waals surface area contributed by atoms with E-state index in [1.54, 1.807) is 37.7 Å². The Morgan fingerprint density at radius 3 is 2.69 bits per heavy atom. The molecule has 0 fully saturated rings. The molecule has 1 aromatic carbocycles. The molecule has 1 aliphatic heterocycles. The minimum Gasteiger partial charge on any atom is -0.493 e. The fourth-order valence-electron chi connectivity index (χ4n) is 3.84. The monoisotopic (exact) mass is 576 g/mol. The highest BCUT2D eigenvalue weighted by atomic mass is 79.9. The highest BCUT2D eigenvalue weighted by Gasteiger charge is 2.34. The molecule has 0 spiro atoms. The summed E-state index contributed by atoms with van der Waals surface area (Å²) in [7, 11) is 1.56. The number of thiazole rings is 1. The van der Waals surface area contributed by atoms with Crippen molar-refractivity contribution < 1.29 is 19.0 Å². The van der Waals surface area contributed by atoms with E-state index in [0.29, 0.717) is 37.7 Å². The molecule has 35 heavy (non-hydrogen) atoms. The van der Waals surface area contributed by atoms with Gasteiger partial charge in [-0.3, -0.25) is 9.36 Å². The molecule has 1 atom stereocenters. The SMILES string of the molecule is CCOC(=O)C1=C(C)N=c2s/c(=C\c3sccc3Br)c(=O)n2[C@@H]1c1ccc(OC(C)C)c(OC)c1. The second kappa shape index (κ2) is 10.5. The summed E-state index contributed by atoms with van der Waals surface area (Å²) < 4.78 is 19.8. The van der Waals surface area contributed by atoms with Gasteiger partial charge in [-0.1, -0.05) is 17.4 Å². The van der Waals surface area contributed by atoms with Gasteiger partial charge in [0.2, 0.25) is 0 Å². The van der Waals surface area contributed by atoms with Crippen LogP contribution in [0, 0.1) is 0 Å². The summed E-state index contributed by atoms with van der Waals surface area (Å²) in [5, 5.41) is 1.95. The van der Waals surface area contributed by atoms with Crippen LogP contribution in [0.3, 0.4) is 0 Å². The standard InChI is InChI=1S/C25H25BrN2O5S2/c1-6-32-24(30)21-14(4)27-25-28(23(29)20(35-25)12-19-16(26)9-10-34-19)22(21)15-7-8-17(33-13(2)3)18(11-15)31-5/h7-13,22H,6H2,1-5H3/b20-12-/t22-/m1/s1. The van der Waals surface area contributed by atoms with E-state index in [-0.39, 0.29) is 18.3 Å². The first-order chi connectivity index (χ1) is 16.7. The van der Waals surface area contributed by atoms with Gasteiger partial charge in [0.1, 0.15) is 0 Å². The van der Waals surface area contributed by atoms with Crippen LogP contribution in [0.2, 0.25) is 0 Å². The lowest BCUT2D eigenvalue weighted by atomic mass is 9.95. The lowest BCUT2D eigenvalue weighted by Gasteiger charge is -2.25. The summed E-state index contributed by atoms with van der Waals surface area (Å²) >= 11 is 6.34. The van der Waals surface area contributed by atoms with Crippen LogP contribution in [0.1, 0.15) is 44.2 Å². The molecule has 184 valence electrons. The number of ether oxygens (including phenoxy) is 3. The van der Waals surface area contributed by atoms with Gasteiger partial charge in [-0.05, 0) is 78.8 Å². The molecule has 0 aliphatic carbocycles. The number of carbonyl (C=O) groups excluding carboxylic acids is 1. The molecule has 0 amide bonds. The second-order valence-electron chi connectivity index (χ2n) is 8.01. The lowest BCUT2D eigenvalue weighted by molar-refractivity contribution is -0.139. The van der Waals surface area contributed by atoms with E-state index < -0.39 is 12.0 Å². The van der Waals surface area contributed by atoms with Crippen molar-refractivity contribution in [2.45, 2.75) is 39.8 Å². The van der Waals surface area contributed by atoms with Crippen LogP contribution < -0.4 is 24.4 Å². The van der Waals surface area contributed by atoms with Crippen molar-refractivity contribution in [1.29, 1.82) is 0 Å². The van der Waals surface area contributed by atoms with Crippen LogP contribution in [-0.2, 0) is 9.53 Å². The average molecular weight is 578 g/mol. The Balaban J connectivity index is 1.95. The van der Waals surface area contributed by atoms with Gasteiger partial charge in [-0.2, -0.15) is 0 Å². The predicted octanol–water partition coefficient (Wildman–Crippen LogP) is 4.42. The van der Waals surface area contributed by atoms with E-state index in [2.05, 4.69) is 20.9 Å². The van der Waals surface area contributed by atoms with Crippen molar-refractivity contribution in [3.05, 3.63) is 75.5 Å². The third-order valence-corrected chi connectivity index (χ3v) is 8.09. The van der Waals surface area contributed by atoms with Crippen molar-refractivity contribution in [3.63, 3.8) is 0 Å².